The molecule has 1 unspecified atom stereocenters. The Morgan fingerprint density at radius 2 is 2.30 bits per heavy atom. The van der Waals surface area contributed by atoms with Crippen LogP contribution in [0.25, 0.3) is 0 Å². The normalized spacial score (nSPS) is 20.7. The van der Waals surface area contributed by atoms with Crippen LogP contribution in [0.5, 0.6) is 0 Å². The molecule has 0 spiro atoms. The lowest BCUT2D eigenvalue weighted by atomic mass is 10.2. The number of anilines is 1. The van der Waals surface area contributed by atoms with Gasteiger partial charge in [0.05, 0.1) is 6.54 Å². The standard InChI is InChI=1S/C18H21N5/c1-3-4-18-21-13-16(23(18)22-12-15-5-6-15)8-7-14-9-10-20-17(11-14)19-2/h3-4,9-12,15-16H,5-6,13H2,1-2H3,(H,19,20)/b4-3-,22-12+. The van der Waals surface area contributed by atoms with E-state index in [0.29, 0.717) is 12.5 Å². The van der Waals surface area contributed by atoms with Gasteiger partial charge in [-0.15, -0.1) is 0 Å². The highest BCUT2D eigenvalue weighted by molar-refractivity contribution is 5.95. The lowest BCUT2D eigenvalue weighted by Crippen LogP contribution is -2.30. The van der Waals surface area contributed by atoms with Gasteiger partial charge in [0.1, 0.15) is 17.7 Å². The predicted molar refractivity (Wildman–Crippen MR) is 94.6 cm³/mol. The maximum Gasteiger partial charge on any atom is 0.145 e. The van der Waals surface area contributed by atoms with Gasteiger partial charge in [-0.05, 0) is 43.9 Å². The Balaban J connectivity index is 1.77. The summed E-state index contributed by atoms with van der Waals surface area (Å²) in [7, 11) is 1.85. The van der Waals surface area contributed by atoms with Crippen LogP contribution in [0.4, 0.5) is 5.82 Å². The Labute approximate surface area is 137 Å². The molecule has 2 heterocycles. The van der Waals surface area contributed by atoms with Crippen molar-refractivity contribution in [3.05, 3.63) is 36.0 Å². The number of amidine groups is 1. The minimum atomic E-state index is -0.0117. The van der Waals surface area contributed by atoms with Gasteiger partial charge in [0, 0.05) is 25.0 Å². The van der Waals surface area contributed by atoms with Crippen molar-refractivity contribution < 1.29 is 0 Å². The van der Waals surface area contributed by atoms with Crippen molar-refractivity contribution in [2.24, 2.45) is 16.0 Å². The van der Waals surface area contributed by atoms with E-state index in [1.165, 1.54) is 12.8 Å². The quantitative estimate of drug-likeness (QED) is 0.687. The fraction of sp³-hybridized carbons (Fsp3) is 0.389. The molecule has 118 valence electrons. The summed E-state index contributed by atoms with van der Waals surface area (Å²) >= 11 is 0. The number of hydrazone groups is 1. The molecule has 1 fully saturated rings. The molecule has 1 aliphatic heterocycles. The third-order valence-electron chi connectivity index (χ3n) is 3.69. The number of aromatic nitrogens is 1. The van der Waals surface area contributed by atoms with Gasteiger partial charge in [-0.1, -0.05) is 17.9 Å². The van der Waals surface area contributed by atoms with Crippen molar-refractivity contribution in [1.82, 2.24) is 9.99 Å². The molecule has 3 rings (SSSR count). The molecular weight excluding hydrogens is 286 g/mol. The van der Waals surface area contributed by atoms with E-state index in [0.717, 1.165) is 17.2 Å². The second-order valence-electron chi connectivity index (χ2n) is 5.61. The van der Waals surface area contributed by atoms with E-state index >= 15 is 0 Å². The summed E-state index contributed by atoms with van der Waals surface area (Å²) in [4.78, 5) is 8.75. The van der Waals surface area contributed by atoms with Gasteiger partial charge in [-0.25, -0.2) is 9.99 Å². The monoisotopic (exact) mass is 307 g/mol. The number of nitrogens with zero attached hydrogens (tertiary/aromatic N) is 4. The highest BCUT2D eigenvalue weighted by Gasteiger charge is 2.26. The molecule has 1 atom stereocenters. The van der Waals surface area contributed by atoms with E-state index in [1.807, 2.05) is 49.5 Å². The molecule has 1 aromatic heterocycles. The fourth-order valence-electron chi connectivity index (χ4n) is 2.24. The number of pyridine rings is 1. The van der Waals surface area contributed by atoms with Crippen molar-refractivity contribution in [2.75, 3.05) is 18.9 Å². The number of rotatable bonds is 4. The van der Waals surface area contributed by atoms with Gasteiger partial charge in [0.25, 0.3) is 0 Å². The van der Waals surface area contributed by atoms with Crippen LogP contribution < -0.4 is 5.32 Å². The van der Waals surface area contributed by atoms with Crippen molar-refractivity contribution in [1.29, 1.82) is 0 Å². The molecule has 0 amide bonds. The second-order valence-corrected chi connectivity index (χ2v) is 5.61. The number of allylic oxidation sites excluding steroid dienone is 1. The average molecular weight is 307 g/mol. The van der Waals surface area contributed by atoms with Gasteiger partial charge in [-0.2, -0.15) is 5.10 Å². The van der Waals surface area contributed by atoms with Crippen LogP contribution >= 0.6 is 0 Å². The summed E-state index contributed by atoms with van der Waals surface area (Å²) in [6.07, 6.45) is 10.2. The van der Waals surface area contributed by atoms with Crippen LogP contribution in [0.2, 0.25) is 0 Å². The van der Waals surface area contributed by atoms with Gasteiger partial charge in [0.2, 0.25) is 0 Å². The molecule has 5 nitrogen and oxygen atoms in total. The smallest absolute Gasteiger partial charge is 0.145 e. The van der Waals surface area contributed by atoms with Gasteiger partial charge in [-0.3, -0.25) is 4.99 Å². The summed E-state index contributed by atoms with van der Waals surface area (Å²) in [6, 6.07) is 3.84. The van der Waals surface area contributed by atoms with E-state index < -0.39 is 0 Å². The summed E-state index contributed by atoms with van der Waals surface area (Å²) in [5.41, 5.74) is 0.940. The molecular formula is C18H21N5. The molecule has 0 radical (unpaired) electrons. The van der Waals surface area contributed by atoms with Crippen molar-refractivity contribution >= 4 is 17.9 Å². The first-order valence-corrected chi connectivity index (χ1v) is 7.96. The molecule has 5 heteroatoms. The van der Waals surface area contributed by atoms with Crippen LogP contribution in [-0.4, -0.2) is 41.7 Å². The zero-order valence-corrected chi connectivity index (χ0v) is 13.5. The first-order valence-electron chi connectivity index (χ1n) is 7.96. The molecule has 23 heavy (non-hydrogen) atoms. The molecule has 1 N–H and O–H groups in total. The van der Waals surface area contributed by atoms with Crippen molar-refractivity contribution in [3.8, 4) is 11.8 Å². The first-order chi connectivity index (χ1) is 11.3. The van der Waals surface area contributed by atoms with E-state index in [1.54, 1.807) is 6.20 Å². The zero-order valence-electron chi connectivity index (χ0n) is 13.5. The maximum absolute atomic E-state index is 4.61. The summed E-state index contributed by atoms with van der Waals surface area (Å²) in [5, 5.41) is 9.57. The number of nitrogens with one attached hydrogen (secondary N) is 1. The van der Waals surface area contributed by atoms with Crippen LogP contribution in [0.3, 0.4) is 0 Å². The summed E-state index contributed by atoms with van der Waals surface area (Å²) < 4.78 is 0. The maximum atomic E-state index is 4.61. The third-order valence-corrected chi connectivity index (χ3v) is 3.69. The molecule has 1 saturated carbocycles. The van der Waals surface area contributed by atoms with Crippen molar-refractivity contribution in [3.63, 3.8) is 0 Å². The molecule has 1 aliphatic carbocycles. The first kappa shape index (κ1) is 15.3. The van der Waals surface area contributed by atoms with E-state index in [9.17, 15) is 0 Å². The Hall–Kier alpha value is -2.61. The van der Waals surface area contributed by atoms with E-state index in [2.05, 4.69) is 32.2 Å². The Kier molecular flexibility index (Phi) is 4.72. The highest BCUT2D eigenvalue weighted by atomic mass is 15.5. The van der Waals surface area contributed by atoms with Crippen molar-refractivity contribution in [2.45, 2.75) is 25.8 Å². The van der Waals surface area contributed by atoms with E-state index in [4.69, 9.17) is 0 Å². The van der Waals surface area contributed by atoms with Gasteiger partial charge >= 0.3 is 0 Å². The zero-order chi connectivity index (χ0) is 16.1. The summed E-state index contributed by atoms with van der Waals surface area (Å²) in [5.74, 6) is 8.84. The average Bonchev–Trinajstić information content (AvgIpc) is 3.33. The molecule has 2 aliphatic rings. The van der Waals surface area contributed by atoms with Gasteiger partial charge in [0.15, 0.2) is 0 Å². The third kappa shape index (κ3) is 3.98. The Morgan fingerprint density at radius 3 is 3.04 bits per heavy atom. The summed E-state index contributed by atoms with van der Waals surface area (Å²) in [6.45, 7) is 2.64. The van der Waals surface area contributed by atoms with E-state index in [-0.39, 0.29) is 6.04 Å². The number of hydrogen-bond acceptors (Lipinski definition) is 5. The van der Waals surface area contributed by atoms with Crippen LogP contribution in [0.15, 0.2) is 40.6 Å². The van der Waals surface area contributed by atoms with Crippen LogP contribution in [-0.2, 0) is 0 Å². The number of hydrogen-bond donors (Lipinski definition) is 1. The Bertz CT molecular complexity index is 704. The largest absolute Gasteiger partial charge is 0.373 e. The SMILES string of the molecule is C/C=C\C1=NCC(C#Cc2ccnc(NC)c2)N1/N=C/C1CC1. The molecule has 1 aromatic rings. The second kappa shape index (κ2) is 7.10. The van der Waals surface area contributed by atoms with Gasteiger partial charge < -0.3 is 5.32 Å². The molecule has 0 bridgehead atoms. The Morgan fingerprint density at radius 1 is 1.43 bits per heavy atom. The number of aliphatic imine (C=N–C) groups is 1. The minimum Gasteiger partial charge on any atom is -0.373 e. The highest BCUT2D eigenvalue weighted by Crippen LogP contribution is 2.27. The lowest BCUT2D eigenvalue weighted by molar-refractivity contribution is 0.427. The van der Waals surface area contributed by atoms with Crippen LogP contribution in [0, 0.1) is 17.8 Å². The predicted octanol–water partition coefficient (Wildman–Crippen LogP) is 2.53. The molecule has 0 saturated heterocycles. The minimum absolute atomic E-state index is 0.0117. The lowest BCUT2D eigenvalue weighted by Gasteiger charge is -2.16. The fourth-order valence-corrected chi connectivity index (χ4v) is 2.24. The molecule has 0 aromatic carbocycles. The van der Waals surface area contributed by atoms with Crippen LogP contribution in [0.1, 0.15) is 25.3 Å². The topological polar surface area (TPSA) is 52.9 Å².